The average molecular weight is 310 g/mol. The lowest BCUT2D eigenvalue weighted by Crippen LogP contribution is -2.28. The molecule has 9 heteroatoms. The largest absolute Gasteiger partial charge is 0.376 e. The number of aliphatic imine (C=N–C) groups is 1. The Morgan fingerprint density at radius 2 is 2.04 bits per heavy atom. The van der Waals surface area contributed by atoms with Crippen molar-refractivity contribution in [1.29, 1.82) is 5.26 Å². The van der Waals surface area contributed by atoms with E-state index in [-0.39, 0.29) is 11.1 Å². The lowest BCUT2D eigenvalue weighted by molar-refractivity contribution is -0.384. The van der Waals surface area contributed by atoms with Gasteiger partial charge in [0.25, 0.3) is 5.69 Å². The van der Waals surface area contributed by atoms with E-state index in [1.54, 1.807) is 12.3 Å². The third-order valence-corrected chi connectivity index (χ3v) is 3.30. The van der Waals surface area contributed by atoms with E-state index in [0.717, 1.165) is 0 Å². The summed E-state index contributed by atoms with van der Waals surface area (Å²) in [6.07, 6.45) is 4.60. The number of hydrogen-bond donors (Lipinski definition) is 2. The molecule has 0 saturated carbocycles. The molecule has 0 amide bonds. The van der Waals surface area contributed by atoms with Gasteiger partial charge in [-0.05, 0) is 6.07 Å². The number of nitro groups is 1. The topological polar surface area (TPSA) is 125 Å². The number of nitrogens with one attached hydrogen (secondary N) is 2. The lowest BCUT2D eigenvalue weighted by Gasteiger charge is -2.22. The highest BCUT2D eigenvalue weighted by atomic mass is 16.6. The Balaban J connectivity index is 2.13. The molecule has 23 heavy (non-hydrogen) atoms. The molecular formula is C14H10N6O3. The zero-order valence-electron chi connectivity index (χ0n) is 11.7. The van der Waals surface area contributed by atoms with Crippen LogP contribution in [0.25, 0.3) is 5.69 Å². The van der Waals surface area contributed by atoms with Gasteiger partial charge < -0.3 is 15.2 Å². The van der Waals surface area contributed by atoms with Gasteiger partial charge >= 0.3 is 0 Å². The molecule has 9 nitrogen and oxygen atoms in total. The fourth-order valence-electron chi connectivity index (χ4n) is 2.26. The second-order valence-corrected chi connectivity index (χ2v) is 4.72. The molecule has 0 spiro atoms. The number of fused-ring (bicyclic) bond motifs is 1. The van der Waals surface area contributed by atoms with Gasteiger partial charge in [-0.25, -0.2) is 0 Å². The lowest BCUT2D eigenvalue weighted by atomic mass is 10.1. The van der Waals surface area contributed by atoms with Crippen LogP contribution < -0.4 is 16.1 Å². The minimum absolute atomic E-state index is 0.139. The number of benzene rings is 1. The molecule has 1 aliphatic rings. The van der Waals surface area contributed by atoms with Crippen LogP contribution in [0.4, 0.5) is 17.1 Å². The number of aromatic nitrogens is 1. The Hall–Kier alpha value is -3.67. The fraction of sp³-hybridized carbons (Fsp3) is 0.0714. The number of nitro benzene ring substituents is 1. The Morgan fingerprint density at radius 3 is 2.70 bits per heavy atom. The van der Waals surface area contributed by atoms with Gasteiger partial charge in [0.2, 0.25) is 6.19 Å². The zero-order valence-corrected chi connectivity index (χ0v) is 11.7. The summed E-state index contributed by atoms with van der Waals surface area (Å²) in [5.41, 5.74) is 1.10. The molecule has 0 atom stereocenters. The number of hydrogen-bond acceptors (Lipinski definition) is 6. The van der Waals surface area contributed by atoms with Gasteiger partial charge in [-0.15, -0.1) is 0 Å². The van der Waals surface area contributed by atoms with Crippen LogP contribution in [0, 0.1) is 21.6 Å². The Labute approximate surface area is 129 Å². The number of rotatable bonds is 2. The molecule has 2 heterocycles. The van der Waals surface area contributed by atoms with Gasteiger partial charge in [-0.3, -0.25) is 14.9 Å². The molecule has 1 aliphatic heterocycles. The summed E-state index contributed by atoms with van der Waals surface area (Å²) in [4.78, 5) is 25.6. The quantitative estimate of drug-likeness (QED) is 0.491. The first-order valence-electron chi connectivity index (χ1n) is 6.56. The predicted molar refractivity (Wildman–Crippen MR) is 83.9 cm³/mol. The standard InChI is InChI=1S/C14H10N6O3/c15-8-17-14-7-16-10-5-12(19-3-1-9(21)2-4-19)13(20(22)23)6-11(10)18-14/h1-6,16H,7H2,(H,17,18). The molecule has 2 N–H and O–H groups in total. The molecule has 0 fully saturated rings. The van der Waals surface area contributed by atoms with Crippen molar-refractivity contribution in [2.75, 3.05) is 17.2 Å². The molecule has 0 saturated heterocycles. The Kier molecular flexibility index (Phi) is 3.48. The third-order valence-electron chi connectivity index (χ3n) is 3.30. The summed E-state index contributed by atoms with van der Waals surface area (Å²) in [6, 6.07) is 5.62. The van der Waals surface area contributed by atoms with Crippen molar-refractivity contribution in [2.45, 2.75) is 0 Å². The highest BCUT2D eigenvalue weighted by Crippen LogP contribution is 2.34. The molecule has 114 valence electrons. The highest BCUT2D eigenvalue weighted by molar-refractivity contribution is 6.05. The maximum Gasteiger partial charge on any atom is 0.295 e. The van der Waals surface area contributed by atoms with E-state index in [2.05, 4.69) is 15.6 Å². The van der Waals surface area contributed by atoms with E-state index in [9.17, 15) is 14.9 Å². The molecule has 3 rings (SSSR count). The van der Waals surface area contributed by atoms with Crippen LogP contribution in [0.2, 0.25) is 0 Å². The molecule has 0 aliphatic carbocycles. The normalized spacial score (nSPS) is 14.3. The van der Waals surface area contributed by atoms with E-state index >= 15 is 0 Å². The molecule has 0 bridgehead atoms. The first kappa shape index (κ1) is 14.3. The minimum atomic E-state index is -0.509. The Bertz CT molecular complexity index is 905. The summed E-state index contributed by atoms with van der Waals surface area (Å²) >= 11 is 0. The highest BCUT2D eigenvalue weighted by Gasteiger charge is 2.22. The van der Waals surface area contributed by atoms with Crippen molar-refractivity contribution in [3.63, 3.8) is 0 Å². The minimum Gasteiger partial charge on any atom is -0.376 e. The molecule has 1 aromatic heterocycles. The van der Waals surface area contributed by atoms with Crippen molar-refractivity contribution in [3.05, 3.63) is 57.0 Å². The van der Waals surface area contributed by atoms with Gasteiger partial charge in [0.05, 0.1) is 22.8 Å². The van der Waals surface area contributed by atoms with Crippen molar-refractivity contribution in [1.82, 2.24) is 4.57 Å². The van der Waals surface area contributed by atoms with Gasteiger partial charge in [0, 0.05) is 30.6 Å². The van der Waals surface area contributed by atoms with E-state index < -0.39 is 4.92 Å². The van der Waals surface area contributed by atoms with E-state index in [1.807, 2.05) is 0 Å². The van der Waals surface area contributed by atoms with Crippen LogP contribution >= 0.6 is 0 Å². The van der Waals surface area contributed by atoms with Crippen LogP contribution in [0.5, 0.6) is 0 Å². The SMILES string of the molecule is N#CN=C1CNc2cc(-n3ccc(=O)cc3)c([N+](=O)[O-])cc2N1. The van der Waals surface area contributed by atoms with E-state index in [4.69, 9.17) is 5.26 Å². The molecular weight excluding hydrogens is 300 g/mol. The summed E-state index contributed by atoms with van der Waals surface area (Å²) in [5.74, 6) is 0.380. The number of nitriles is 1. The summed E-state index contributed by atoms with van der Waals surface area (Å²) < 4.78 is 1.50. The fourth-order valence-corrected chi connectivity index (χ4v) is 2.26. The second kappa shape index (κ2) is 5.61. The zero-order chi connectivity index (χ0) is 16.4. The molecule has 1 aromatic carbocycles. The van der Waals surface area contributed by atoms with E-state index in [1.165, 1.54) is 35.2 Å². The van der Waals surface area contributed by atoms with Crippen LogP contribution in [-0.2, 0) is 0 Å². The maximum absolute atomic E-state index is 11.4. The van der Waals surface area contributed by atoms with Crippen LogP contribution in [0.3, 0.4) is 0 Å². The monoisotopic (exact) mass is 310 g/mol. The first-order valence-corrected chi connectivity index (χ1v) is 6.56. The van der Waals surface area contributed by atoms with Gasteiger partial charge in [-0.1, -0.05) is 0 Å². The van der Waals surface area contributed by atoms with Gasteiger partial charge in [0.1, 0.15) is 11.5 Å². The van der Waals surface area contributed by atoms with Crippen molar-refractivity contribution in [3.8, 4) is 11.9 Å². The molecule has 0 unspecified atom stereocenters. The smallest absolute Gasteiger partial charge is 0.295 e. The Morgan fingerprint density at radius 1 is 1.30 bits per heavy atom. The van der Waals surface area contributed by atoms with Crippen LogP contribution in [0.1, 0.15) is 0 Å². The van der Waals surface area contributed by atoms with E-state index in [0.29, 0.717) is 29.4 Å². The second-order valence-electron chi connectivity index (χ2n) is 4.72. The first-order chi connectivity index (χ1) is 11.1. The van der Waals surface area contributed by atoms with Gasteiger partial charge in [-0.2, -0.15) is 10.3 Å². The average Bonchev–Trinajstić information content (AvgIpc) is 2.54. The maximum atomic E-state index is 11.4. The van der Waals surface area contributed by atoms with Crippen LogP contribution in [-0.4, -0.2) is 21.9 Å². The summed E-state index contributed by atoms with van der Waals surface area (Å²) in [5, 5.41) is 25.9. The van der Waals surface area contributed by atoms with Crippen LogP contribution in [0.15, 0.2) is 46.4 Å². The van der Waals surface area contributed by atoms with Gasteiger partial charge in [0.15, 0.2) is 5.43 Å². The molecule has 0 radical (unpaired) electrons. The predicted octanol–water partition coefficient (Wildman–Crippen LogP) is 1.46. The number of nitrogens with zero attached hydrogens (tertiary/aromatic N) is 4. The van der Waals surface area contributed by atoms with Crippen molar-refractivity contribution in [2.24, 2.45) is 4.99 Å². The number of pyridine rings is 1. The summed E-state index contributed by atoms with van der Waals surface area (Å²) in [6.45, 7) is 0.308. The molecule has 2 aromatic rings. The van der Waals surface area contributed by atoms with Crippen molar-refractivity contribution >= 4 is 22.9 Å². The third kappa shape index (κ3) is 2.73. The number of anilines is 2. The van der Waals surface area contributed by atoms with Crippen molar-refractivity contribution < 1.29 is 4.92 Å². The number of amidine groups is 1. The summed E-state index contributed by atoms with van der Waals surface area (Å²) in [7, 11) is 0.